The van der Waals surface area contributed by atoms with Gasteiger partial charge in [-0.15, -0.1) is 0 Å². The van der Waals surface area contributed by atoms with Crippen molar-refractivity contribution in [3.05, 3.63) is 47.9 Å². The number of aryl methyl sites for hydroxylation is 2. The first-order chi connectivity index (χ1) is 12.3. The fourth-order valence-corrected chi connectivity index (χ4v) is 2.78. The van der Waals surface area contributed by atoms with Gasteiger partial charge in [0.15, 0.2) is 0 Å². The molecule has 0 saturated carbocycles. The quantitative estimate of drug-likeness (QED) is 0.544. The lowest BCUT2D eigenvalue weighted by Gasteiger charge is -2.02. The number of pyridine rings is 1. The molecule has 0 spiro atoms. The van der Waals surface area contributed by atoms with E-state index in [4.69, 9.17) is 0 Å². The van der Waals surface area contributed by atoms with Crippen molar-refractivity contribution in [3.8, 4) is 0 Å². The van der Waals surface area contributed by atoms with E-state index < -0.39 is 0 Å². The van der Waals surface area contributed by atoms with Crippen LogP contribution in [0.5, 0.6) is 0 Å². The summed E-state index contributed by atoms with van der Waals surface area (Å²) in [5, 5.41) is 13.9. The van der Waals surface area contributed by atoms with Gasteiger partial charge in [-0.3, -0.25) is 9.67 Å². The first-order valence-electron chi connectivity index (χ1n) is 8.93. The van der Waals surface area contributed by atoms with Crippen LogP contribution in [-0.2, 0) is 14.1 Å². The zero-order valence-corrected chi connectivity index (χ0v) is 16.3. The van der Waals surface area contributed by atoms with Crippen molar-refractivity contribution in [3.63, 3.8) is 0 Å². The highest BCUT2D eigenvalue weighted by Crippen LogP contribution is 2.18. The fraction of sp³-hybridized carbons (Fsp3) is 0.400. The van der Waals surface area contributed by atoms with E-state index in [1.165, 1.54) is 10.9 Å². The van der Waals surface area contributed by atoms with Crippen LogP contribution in [0.3, 0.4) is 0 Å². The van der Waals surface area contributed by atoms with Crippen LogP contribution < -0.4 is 0 Å². The normalized spacial score (nSPS) is 11.4. The Morgan fingerprint density at radius 1 is 0.808 bits per heavy atom. The largest absolute Gasteiger partial charge is 0.275 e. The van der Waals surface area contributed by atoms with Gasteiger partial charge < -0.3 is 0 Å². The number of fused-ring (bicyclic) bond motifs is 2. The second-order valence-corrected chi connectivity index (χ2v) is 7.22. The zero-order chi connectivity index (χ0) is 18.8. The molecule has 0 saturated heterocycles. The summed E-state index contributed by atoms with van der Waals surface area (Å²) in [4.78, 5) is 5.95. The molecule has 3 heterocycles. The van der Waals surface area contributed by atoms with Crippen LogP contribution in [0.4, 0.5) is 0 Å². The molecule has 0 aliphatic rings. The van der Waals surface area contributed by atoms with Gasteiger partial charge in [0.1, 0.15) is 16.6 Å². The second-order valence-electron chi connectivity index (χ2n) is 7.22. The maximum absolute atomic E-state index is 4.34. The van der Waals surface area contributed by atoms with Crippen molar-refractivity contribution >= 4 is 21.9 Å². The number of aromatic nitrogens is 6. The molecular formula is C20H26N6. The predicted molar refractivity (Wildman–Crippen MR) is 105 cm³/mol. The van der Waals surface area contributed by atoms with Crippen molar-refractivity contribution in [1.82, 2.24) is 29.8 Å². The van der Waals surface area contributed by atoms with Crippen LogP contribution in [0.1, 0.15) is 50.8 Å². The van der Waals surface area contributed by atoms with Gasteiger partial charge in [0.25, 0.3) is 0 Å². The van der Waals surface area contributed by atoms with Gasteiger partial charge in [-0.2, -0.15) is 20.1 Å². The standard InChI is InChI=1S/2C10H13N3/c1-7(2)9-4-8-6-13(3)12-10(8)5-11-9;1-7(2)8-4-5-9-10(6-8)12-13(3)11-9/h2*4-7H,1-3H3. The van der Waals surface area contributed by atoms with Gasteiger partial charge in [-0.05, 0) is 35.6 Å². The zero-order valence-electron chi connectivity index (χ0n) is 16.3. The third-order valence-corrected chi connectivity index (χ3v) is 4.29. The van der Waals surface area contributed by atoms with E-state index in [9.17, 15) is 0 Å². The number of hydrogen-bond donors (Lipinski definition) is 0. The summed E-state index contributed by atoms with van der Waals surface area (Å²) in [5.74, 6) is 1.02. The lowest BCUT2D eigenvalue weighted by atomic mass is 10.0. The second kappa shape index (κ2) is 7.23. The lowest BCUT2D eigenvalue weighted by molar-refractivity contribution is 0.665. The van der Waals surface area contributed by atoms with Crippen LogP contribution in [0.25, 0.3) is 21.9 Å². The van der Waals surface area contributed by atoms with Crippen LogP contribution in [0, 0.1) is 0 Å². The molecule has 0 unspecified atom stereocenters. The minimum atomic E-state index is 0.476. The number of benzene rings is 1. The van der Waals surface area contributed by atoms with Crippen molar-refractivity contribution in [2.45, 2.75) is 39.5 Å². The maximum Gasteiger partial charge on any atom is 0.113 e. The van der Waals surface area contributed by atoms with Crippen LogP contribution in [-0.4, -0.2) is 29.8 Å². The van der Waals surface area contributed by atoms with Crippen molar-refractivity contribution in [2.24, 2.45) is 14.1 Å². The molecule has 0 amide bonds. The van der Waals surface area contributed by atoms with Gasteiger partial charge in [0.2, 0.25) is 0 Å². The Balaban J connectivity index is 0.000000151. The Kier molecular flexibility index (Phi) is 5.02. The summed E-state index contributed by atoms with van der Waals surface area (Å²) >= 11 is 0. The van der Waals surface area contributed by atoms with E-state index in [2.05, 4.69) is 66.2 Å². The van der Waals surface area contributed by atoms with Crippen LogP contribution in [0.2, 0.25) is 0 Å². The monoisotopic (exact) mass is 350 g/mol. The summed E-state index contributed by atoms with van der Waals surface area (Å²) in [6.07, 6.45) is 3.85. The summed E-state index contributed by atoms with van der Waals surface area (Å²) in [7, 11) is 3.77. The lowest BCUT2D eigenvalue weighted by Crippen LogP contribution is -1.90. The van der Waals surface area contributed by atoms with Crippen molar-refractivity contribution in [1.29, 1.82) is 0 Å². The molecule has 3 aromatic heterocycles. The molecule has 136 valence electrons. The Morgan fingerprint density at radius 2 is 1.54 bits per heavy atom. The Morgan fingerprint density at radius 3 is 2.23 bits per heavy atom. The minimum absolute atomic E-state index is 0.476. The van der Waals surface area contributed by atoms with Crippen molar-refractivity contribution in [2.75, 3.05) is 0 Å². The summed E-state index contributed by atoms with van der Waals surface area (Å²) in [6.45, 7) is 8.64. The maximum atomic E-state index is 4.34. The molecule has 0 aliphatic heterocycles. The van der Waals surface area contributed by atoms with E-state index in [1.54, 1.807) is 4.80 Å². The van der Waals surface area contributed by atoms with E-state index >= 15 is 0 Å². The van der Waals surface area contributed by atoms with E-state index in [-0.39, 0.29) is 0 Å². The smallest absolute Gasteiger partial charge is 0.113 e. The van der Waals surface area contributed by atoms with Gasteiger partial charge >= 0.3 is 0 Å². The van der Waals surface area contributed by atoms with E-state index in [0.717, 1.165) is 22.2 Å². The van der Waals surface area contributed by atoms with E-state index in [0.29, 0.717) is 11.8 Å². The molecule has 4 rings (SSSR count). The van der Waals surface area contributed by atoms with Gasteiger partial charge in [-0.25, -0.2) is 0 Å². The Hall–Kier alpha value is -2.76. The highest BCUT2D eigenvalue weighted by molar-refractivity contribution is 5.77. The molecule has 0 N–H and O–H groups in total. The molecule has 0 bridgehead atoms. The van der Waals surface area contributed by atoms with Crippen LogP contribution in [0.15, 0.2) is 36.7 Å². The molecule has 0 fully saturated rings. The summed E-state index contributed by atoms with van der Waals surface area (Å²) in [6, 6.07) is 8.35. The first kappa shape index (κ1) is 18.0. The molecule has 26 heavy (non-hydrogen) atoms. The fourth-order valence-electron chi connectivity index (χ4n) is 2.78. The number of rotatable bonds is 2. The molecule has 4 aromatic rings. The molecule has 0 aliphatic carbocycles. The molecule has 1 aromatic carbocycles. The number of nitrogens with zero attached hydrogens (tertiary/aromatic N) is 6. The van der Waals surface area contributed by atoms with Crippen LogP contribution >= 0.6 is 0 Å². The third kappa shape index (κ3) is 3.90. The molecule has 6 nitrogen and oxygen atoms in total. The minimum Gasteiger partial charge on any atom is -0.275 e. The average molecular weight is 350 g/mol. The molecule has 6 heteroatoms. The SMILES string of the molecule is CC(C)c1cc2cn(C)nc2cn1.CC(C)c1ccc2nn(C)nc2c1. The van der Waals surface area contributed by atoms with Crippen molar-refractivity contribution < 1.29 is 0 Å². The Labute approximate surface area is 153 Å². The first-order valence-corrected chi connectivity index (χ1v) is 8.93. The van der Waals surface area contributed by atoms with Gasteiger partial charge in [-0.1, -0.05) is 33.8 Å². The summed E-state index contributed by atoms with van der Waals surface area (Å²) in [5.41, 5.74) is 5.35. The summed E-state index contributed by atoms with van der Waals surface area (Å²) < 4.78 is 1.82. The van der Waals surface area contributed by atoms with E-state index in [1.807, 2.05) is 37.2 Å². The molecular weight excluding hydrogens is 324 g/mol. The number of hydrogen-bond acceptors (Lipinski definition) is 4. The van der Waals surface area contributed by atoms with Gasteiger partial charge in [0.05, 0.1) is 6.20 Å². The highest BCUT2D eigenvalue weighted by atomic mass is 15.4. The molecule has 0 radical (unpaired) electrons. The predicted octanol–water partition coefficient (Wildman–Crippen LogP) is 4.18. The average Bonchev–Trinajstić information content (AvgIpc) is 3.13. The molecule has 0 atom stereocenters. The topological polar surface area (TPSA) is 61.4 Å². The highest BCUT2D eigenvalue weighted by Gasteiger charge is 2.04. The third-order valence-electron chi connectivity index (χ3n) is 4.29. The Bertz CT molecular complexity index is 941. The van der Waals surface area contributed by atoms with Gasteiger partial charge in [0, 0.05) is 31.4 Å².